The van der Waals surface area contributed by atoms with Gasteiger partial charge in [-0.1, -0.05) is 78.9 Å². The molecule has 3 aromatic rings. The Labute approximate surface area is 136 Å². The van der Waals surface area contributed by atoms with Crippen LogP contribution in [0.1, 0.15) is 40.2 Å². The zero-order chi connectivity index (χ0) is 15.6. The third kappa shape index (κ3) is 2.95. The summed E-state index contributed by atoms with van der Waals surface area (Å²) in [6, 6.07) is 26.1. The summed E-state index contributed by atoms with van der Waals surface area (Å²) in [6.45, 7) is 0. The van der Waals surface area contributed by atoms with E-state index in [0.717, 1.165) is 22.6 Å². The highest BCUT2D eigenvalue weighted by molar-refractivity contribution is 6.09. The molecule has 23 heavy (non-hydrogen) atoms. The second-order valence-electron chi connectivity index (χ2n) is 6.17. The molecule has 4 rings (SSSR count). The smallest absolute Gasteiger partial charge is 0.193 e. The molecule has 0 saturated heterocycles. The lowest BCUT2D eigenvalue weighted by Crippen LogP contribution is -2.00. The van der Waals surface area contributed by atoms with E-state index >= 15 is 0 Å². The maximum Gasteiger partial charge on any atom is 0.193 e. The first-order valence-electron chi connectivity index (χ1n) is 8.11. The van der Waals surface area contributed by atoms with Crippen LogP contribution >= 0.6 is 0 Å². The van der Waals surface area contributed by atoms with Gasteiger partial charge in [0.1, 0.15) is 0 Å². The highest BCUT2D eigenvalue weighted by Gasteiger charge is 2.22. The fourth-order valence-corrected chi connectivity index (χ4v) is 2.93. The topological polar surface area (TPSA) is 17.1 Å². The Morgan fingerprint density at radius 1 is 0.652 bits per heavy atom. The van der Waals surface area contributed by atoms with Crippen molar-refractivity contribution in [1.29, 1.82) is 0 Å². The zero-order valence-corrected chi connectivity index (χ0v) is 12.9. The van der Waals surface area contributed by atoms with Gasteiger partial charge in [0.25, 0.3) is 0 Å². The molecular formula is C22H18O. The molecule has 1 fully saturated rings. The van der Waals surface area contributed by atoms with Gasteiger partial charge in [-0.3, -0.25) is 4.79 Å². The van der Waals surface area contributed by atoms with Crippen molar-refractivity contribution in [2.45, 2.75) is 18.8 Å². The van der Waals surface area contributed by atoms with Gasteiger partial charge in [-0.15, -0.1) is 0 Å². The molecule has 0 unspecified atom stereocenters. The second-order valence-corrected chi connectivity index (χ2v) is 6.17. The predicted octanol–water partition coefficient (Wildman–Crippen LogP) is 5.46. The van der Waals surface area contributed by atoms with E-state index in [4.69, 9.17) is 0 Å². The maximum atomic E-state index is 12.4. The Morgan fingerprint density at radius 2 is 1.17 bits per heavy atom. The summed E-state index contributed by atoms with van der Waals surface area (Å²) in [5.41, 5.74) is 5.26. The number of carbonyl (C=O) groups is 1. The number of rotatable bonds is 4. The monoisotopic (exact) mass is 298 g/mol. The minimum atomic E-state index is 0.0706. The van der Waals surface area contributed by atoms with Gasteiger partial charge in [0.15, 0.2) is 5.78 Å². The summed E-state index contributed by atoms with van der Waals surface area (Å²) < 4.78 is 0. The summed E-state index contributed by atoms with van der Waals surface area (Å²) >= 11 is 0. The summed E-state index contributed by atoms with van der Waals surface area (Å²) in [5.74, 6) is 0.858. The van der Waals surface area contributed by atoms with E-state index in [9.17, 15) is 4.79 Å². The molecule has 0 bridgehead atoms. The van der Waals surface area contributed by atoms with Crippen LogP contribution in [-0.4, -0.2) is 5.78 Å². The first kappa shape index (κ1) is 14.0. The molecule has 0 N–H and O–H groups in total. The minimum Gasteiger partial charge on any atom is -0.289 e. The lowest BCUT2D eigenvalue weighted by molar-refractivity contribution is 0.103. The Balaban J connectivity index is 1.56. The molecule has 0 spiro atoms. The van der Waals surface area contributed by atoms with Crippen molar-refractivity contribution in [3.05, 3.63) is 95.6 Å². The summed E-state index contributed by atoms with van der Waals surface area (Å²) in [7, 11) is 0. The Bertz CT molecular complexity index is 810. The Morgan fingerprint density at radius 3 is 1.74 bits per heavy atom. The van der Waals surface area contributed by atoms with Gasteiger partial charge in [-0.05, 0) is 35.4 Å². The van der Waals surface area contributed by atoms with Crippen LogP contribution in [0.4, 0.5) is 0 Å². The van der Waals surface area contributed by atoms with E-state index < -0.39 is 0 Å². The molecule has 0 aromatic heterocycles. The molecule has 112 valence electrons. The van der Waals surface area contributed by atoms with Gasteiger partial charge < -0.3 is 0 Å². The van der Waals surface area contributed by atoms with Gasteiger partial charge in [-0.2, -0.15) is 0 Å². The molecule has 1 saturated carbocycles. The molecule has 0 amide bonds. The molecule has 1 heteroatoms. The van der Waals surface area contributed by atoms with Gasteiger partial charge in [0, 0.05) is 11.1 Å². The Hall–Kier alpha value is -2.67. The van der Waals surface area contributed by atoms with E-state index in [-0.39, 0.29) is 5.78 Å². The van der Waals surface area contributed by atoms with Crippen molar-refractivity contribution in [3.8, 4) is 11.1 Å². The standard InChI is InChI=1S/C22H18O/c23-22(20-4-2-1-3-5-20)21-14-12-19(13-15-21)18-10-8-17(9-11-18)16-6-7-16/h1-5,8-16H,6-7H2. The van der Waals surface area contributed by atoms with Crippen molar-refractivity contribution in [2.24, 2.45) is 0 Å². The van der Waals surface area contributed by atoms with Crippen LogP contribution < -0.4 is 0 Å². The molecule has 1 aliphatic carbocycles. The predicted molar refractivity (Wildman–Crippen MR) is 93.7 cm³/mol. The number of hydrogen-bond donors (Lipinski definition) is 0. The van der Waals surface area contributed by atoms with Gasteiger partial charge in [0.2, 0.25) is 0 Å². The molecule has 0 aliphatic heterocycles. The van der Waals surface area contributed by atoms with Crippen molar-refractivity contribution in [1.82, 2.24) is 0 Å². The minimum absolute atomic E-state index is 0.0706. The number of benzene rings is 3. The second kappa shape index (κ2) is 5.85. The highest BCUT2D eigenvalue weighted by Crippen LogP contribution is 2.40. The van der Waals surface area contributed by atoms with Crippen molar-refractivity contribution in [3.63, 3.8) is 0 Å². The van der Waals surface area contributed by atoms with Gasteiger partial charge >= 0.3 is 0 Å². The molecule has 1 aliphatic rings. The fraction of sp³-hybridized carbons (Fsp3) is 0.136. The fourth-order valence-electron chi connectivity index (χ4n) is 2.93. The average Bonchev–Trinajstić information content (AvgIpc) is 3.47. The van der Waals surface area contributed by atoms with E-state index in [0.29, 0.717) is 0 Å². The lowest BCUT2D eigenvalue weighted by Gasteiger charge is -2.06. The molecule has 3 aromatic carbocycles. The number of carbonyl (C=O) groups excluding carboxylic acids is 1. The van der Waals surface area contributed by atoms with E-state index in [2.05, 4.69) is 24.3 Å². The molecule has 0 atom stereocenters. The molecule has 0 radical (unpaired) electrons. The third-order valence-corrected chi connectivity index (χ3v) is 4.48. The summed E-state index contributed by atoms with van der Waals surface area (Å²) in [4.78, 5) is 12.4. The first-order valence-corrected chi connectivity index (χ1v) is 8.11. The number of ketones is 1. The van der Waals surface area contributed by atoms with Crippen LogP contribution in [0, 0.1) is 0 Å². The van der Waals surface area contributed by atoms with Crippen molar-refractivity contribution >= 4 is 5.78 Å². The van der Waals surface area contributed by atoms with Gasteiger partial charge in [0.05, 0.1) is 0 Å². The van der Waals surface area contributed by atoms with Gasteiger partial charge in [-0.25, -0.2) is 0 Å². The summed E-state index contributed by atoms with van der Waals surface area (Å²) in [6.07, 6.45) is 2.66. The van der Waals surface area contributed by atoms with E-state index in [1.54, 1.807) is 0 Å². The van der Waals surface area contributed by atoms with Crippen LogP contribution in [0.25, 0.3) is 11.1 Å². The first-order chi connectivity index (χ1) is 11.3. The third-order valence-electron chi connectivity index (χ3n) is 4.48. The van der Waals surface area contributed by atoms with E-state index in [1.807, 2.05) is 54.6 Å². The van der Waals surface area contributed by atoms with Crippen LogP contribution in [0.15, 0.2) is 78.9 Å². The molecule has 0 heterocycles. The van der Waals surface area contributed by atoms with E-state index in [1.165, 1.54) is 24.0 Å². The number of hydrogen-bond acceptors (Lipinski definition) is 1. The summed E-state index contributed by atoms with van der Waals surface area (Å²) in [5, 5.41) is 0. The normalized spacial score (nSPS) is 13.7. The SMILES string of the molecule is O=C(c1ccccc1)c1ccc(-c2ccc(C3CC3)cc2)cc1. The average molecular weight is 298 g/mol. The molecule has 1 nitrogen and oxygen atoms in total. The molecular weight excluding hydrogens is 280 g/mol. The quantitative estimate of drug-likeness (QED) is 0.584. The largest absolute Gasteiger partial charge is 0.289 e. The maximum absolute atomic E-state index is 12.4. The van der Waals surface area contributed by atoms with Crippen molar-refractivity contribution < 1.29 is 4.79 Å². The van der Waals surface area contributed by atoms with Crippen LogP contribution in [-0.2, 0) is 0 Å². The highest BCUT2D eigenvalue weighted by atomic mass is 16.1. The van der Waals surface area contributed by atoms with Crippen LogP contribution in [0.2, 0.25) is 0 Å². The van der Waals surface area contributed by atoms with Crippen LogP contribution in [0.3, 0.4) is 0 Å². The lowest BCUT2D eigenvalue weighted by atomic mass is 9.98. The van der Waals surface area contributed by atoms with Crippen LogP contribution in [0.5, 0.6) is 0 Å². The van der Waals surface area contributed by atoms with Crippen molar-refractivity contribution in [2.75, 3.05) is 0 Å². The Kier molecular flexibility index (Phi) is 3.55. The zero-order valence-electron chi connectivity index (χ0n) is 12.9.